The third kappa shape index (κ3) is 4.39. The van der Waals surface area contributed by atoms with Crippen molar-refractivity contribution in [2.45, 2.75) is 19.3 Å². The number of rotatable bonds is 5. The van der Waals surface area contributed by atoms with Crippen LogP contribution >= 0.6 is 0 Å². The molecular weight excluding hydrogens is 572 g/mol. The highest BCUT2D eigenvalue weighted by Crippen LogP contribution is 2.53. The van der Waals surface area contributed by atoms with Crippen LogP contribution in [0.1, 0.15) is 25.0 Å². The Morgan fingerprint density at radius 3 is 2.06 bits per heavy atom. The summed E-state index contributed by atoms with van der Waals surface area (Å²) < 4.78 is 6.29. The van der Waals surface area contributed by atoms with Gasteiger partial charge in [0, 0.05) is 28.0 Å². The van der Waals surface area contributed by atoms with Gasteiger partial charge in [-0.25, -0.2) is 4.98 Å². The Morgan fingerprint density at radius 2 is 1.21 bits per heavy atom. The lowest BCUT2D eigenvalue weighted by Gasteiger charge is -2.28. The van der Waals surface area contributed by atoms with Crippen LogP contribution in [0.2, 0.25) is 0 Å². The Hall–Kier alpha value is -5.93. The number of nitrogens with zero attached hydrogens (tertiary/aromatic N) is 2. The first kappa shape index (κ1) is 27.4. The van der Waals surface area contributed by atoms with Crippen LogP contribution < -0.4 is 4.90 Å². The van der Waals surface area contributed by atoms with Gasteiger partial charge in [0.25, 0.3) is 0 Å². The largest absolute Gasteiger partial charge is 0.436 e. The second-order valence-corrected chi connectivity index (χ2v) is 12.8. The summed E-state index contributed by atoms with van der Waals surface area (Å²) in [4.78, 5) is 7.23. The van der Waals surface area contributed by atoms with E-state index in [9.17, 15) is 0 Å². The summed E-state index contributed by atoms with van der Waals surface area (Å²) >= 11 is 0. The van der Waals surface area contributed by atoms with Crippen molar-refractivity contribution in [3.05, 3.63) is 169 Å². The molecule has 0 amide bonds. The monoisotopic (exact) mass is 604 g/mol. The maximum Gasteiger partial charge on any atom is 0.227 e. The molecule has 3 nitrogen and oxygen atoms in total. The number of anilines is 3. The van der Waals surface area contributed by atoms with Gasteiger partial charge in [-0.05, 0) is 98.8 Å². The third-order valence-electron chi connectivity index (χ3n) is 9.71. The van der Waals surface area contributed by atoms with Gasteiger partial charge in [-0.15, -0.1) is 0 Å². The molecule has 7 aromatic carbocycles. The van der Waals surface area contributed by atoms with Gasteiger partial charge in [-0.3, -0.25) is 0 Å². The highest BCUT2D eigenvalue weighted by atomic mass is 16.3. The molecule has 0 atom stereocenters. The molecule has 0 spiro atoms. The average Bonchev–Trinajstić information content (AvgIpc) is 3.65. The van der Waals surface area contributed by atoms with Crippen molar-refractivity contribution in [1.82, 2.24) is 4.98 Å². The summed E-state index contributed by atoms with van der Waals surface area (Å²) in [6, 6.07) is 56.1. The topological polar surface area (TPSA) is 29.3 Å². The Bertz CT molecular complexity index is 2400. The molecule has 47 heavy (non-hydrogen) atoms. The third-order valence-corrected chi connectivity index (χ3v) is 9.71. The van der Waals surface area contributed by atoms with Crippen LogP contribution in [-0.2, 0) is 5.41 Å². The van der Waals surface area contributed by atoms with Gasteiger partial charge in [0.05, 0.1) is 0 Å². The molecule has 8 aromatic rings. The van der Waals surface area contributed by atoms with E-state index < -0.39 is 0 Å². The number of aromatic nitrogens is 1. The summed E-state index contributed by atoms with van der Waals surface area (Å²) in [5.74, 6) is 0.660. The minimum atomic E-state index is -0.205. The van der Waals surface area contributed by atoms with Crippen LogP contribution in [0.25, 0.3) is 55.6 Å². The second kappa shape index (κ2) is 10.6. The first-order chi connectivity index (χ1) is 23.1. The van der Waals surface area contributed by atoms with E-state index in [2.05, 4.69) is 152 Å². The smallest absolute Gasteiger partial charge is 0.227 e. The standard InChI is InChI=1S/C44H32N2O/c1-44(2)38-19-11-18-37(43-45-40-20-8-9-21-41(40)47-43)42(38)36-27-26-33(28-39(36)44)46(31-14-4-3-5-15-31)32-24-22-30(23-25-32)35-17-10-13-29-12-6-7-16-34(29)35/h3-28H,1-2H3. The van der Waals surface area contributed by atoms with Crippen LogP contribution in [0.15, 0.2) is 162 Å². The minimum absolute atomic E-state index is 0.205. The Balaban J connectivity index is 1.16. The zero-order valence-corrected chi connectivity index (χ0v) is 26.3. The van der Waals surface area contributed by atoms with Crippen molar-refractivity contribution in [1.29, 1.82) is 0 Å². The molecule has 0 bridgehead atoms. The average molecular weight is 605 g/mol. The van der Waals surface area contributed by atoms with Crippen molar-refractivity contribution in [2.75, 3.05) is 4.90 Å². The zero-order valence-electron chi connectivity index (χ0n) is 26.3. The predicted molar refractivity (Wildman–Crippen MR) is 195 cm³/mol. The van der Waals surface area contributed by atoms with Crippen molar-refractivity contribution >= 4 is 38.9 Å². The lowest BCUT2D eigenvalue weighted by atomic mass is 9.82. The van der Waals surface area contributed by atoms with E-state index in [0.717, 1.165) is 33.7 Å². The molecule has 0 unspecified atom stereocenters. The van der Waals surface area contributed by atoms with Crippen LogP contribution in [0.5, 0.6) is 0 Å². The van der Waals surface area contributed by atoms with E-state index in [1.54, 1.807) is 0 Å². The molecule has 0 radical (unpaired) electrons. The molecule has 9 rings (SSSR count). The number of benzene rings is 7. The molecule has 0 aliphatic heterocycles. The van der Waals surface area contributed by atoms with Crippen molar-refractivity contribution in [2.24, 2.45) is 0 Å². The van der Waals surface area contributed by atoms with Gasteiger partial charge in [0.1, 0.15) is 5.52 Å². The van der Waals surface area contributed by atoms with Crippen LogP contribution in [0, 0.1) is 0 Å². The molecule has 1 aromatic heterocycles. The Kier molecular flexibility index (Phi) is 6.16. The van der Waals surface area contributed by atoms with Gasteiger partial charge in [-0.1, -0.05) is 117 Å². The summed E-state index contributed by atoms with van der Waals surface area (Å²) in [5, 5.41) is 2.52. The van der Waals surface area contributed by atoms with Gasteiger partial charge in [-0.2, -0.15) is 0 Å². The molecule has 0 fully saturated rings. The zero-order chi connectivity index (χ0) is 31.5. The quantitative estimate of drug-likeness (QED) is 0.196. The highest BCUT2D eigenvalue weighted by molar-refractivity contribution is 5.97. The lowest BCUT2D eigenvalue weighted by Crippen LogP contribution is -2.16. The van der Waals surface area contributed by atoms with Crippen molar-refractivity contribution in [3.8, 4) is 33.7 Å². The van der Waals surface area contributed by atoms with Crippen LogP contribution in [0.3, 0.4) is 0 Å². The normalized spacial score (nSPS) is 13.1. The number of oxazole rings is 1. The summed E-state index contributed by atoms with van der Waals surface area (Å²) in [6.07, 6.45) is 0. The maximum absolute atomic E-state index is 6.29. The summed E-state index contributed by atoms with van der Waals surface area (Å²) in [5.41, 5.74) is 13.3. The van der Waals surface area contributed by atoms with Gasteiger partial charge >= 0.3 is 0 Å². The number of para-hydroxylation sites is 3. The van der Waals surface area contributed by atoms with E-state index in [0.29, 0.717) is 5.89 Å². The fraction of sp³-hybridized carbons (Fsp3) is 0.0682. The van der Waals surface area contributed by atoms with Gasteiger partial charge < -0.3 is 9.32 Å². The van der Waals surface area contributed by atoms with E-state index in [4.69, 9.17) is 9.40 Å². The molecule has 0 saturated heterocycles. The predicted octanol–water partition coefficient (Wildman–Crippen LogP) is 12.1. The summed E-state index contributed by atoms with van der Waals surface area (Å²) in [7, 11) is 0. The molecule has 0 saturated carbocycles. The summed E-state index contributed by atoms with van der Waals surface area (Å²) in [6.45, 7) is 4.65. The van der Waals surface area contributed by atoms with E-state index in [-0.39, 0.29) is 5.41 Å². The first-order valence-corrected chi connectivity index (χ1v) is 16.1. The number of fused-ring (bicyclic) bond motifs is 5. The molecule has 1 heterocycles. The van der Waals surface area contributed by atoms with E-state index >= 15 is 0 Å². The Morgan fingerprint density at radius 1 is 0.532 bits per heavy atom. The molecular formula is C44H32N2O. The number of hydrogen-bond acceptors (Lipinski definition) is 3. The fourth-order valence-corrected chi connectivity index (χ4v) is 7.37. The van der Waals surface area contributed by atoms with Crippen LogP contribution in [0.4, 0.5) is 17.1 Å². The van der Waals surface area contributed by atoms with Gasteiger partial charge in [0.2, 0.25) is 5.89 Å². The minimum Gasteiger partial charge on any atom is -0.436 e. The fourth-order valence-electron chi connectivity index (χ4n) is 7.37. The molecule has 224 valence electrons. The second-order valence-electron chi connectivity index (χ2n) is 12.8. The molecule has 3 heteroatoms. The van der Waals surface area contributed by atoms with Crippen molar-refractivity contribution < 1.29 is 4.42 Å². The Labute approximate surface area is 274 Å². The maximum atomic E-state index is 6.29. The number of hydrogen-bond donors (Lipinski definition) is 0. The highest BCUT2D eigenvalue weighted by Gasteiger charge is 2.38. The SMILES string of the molecule is CC1(C)c2cc(N(c3ccccc3)c3ccc(-c4cccc5ccccc45)cc3)ccc2-c2c(-c3nc4ccccc4o3)cccc21. The lowest BCUT2D eigenvalue weighted by molar-refractivity contribution is 0.619. The van der Waals surface area contributed by atoms with E-state index in [1.807, 2.05) is 24.3 Å². The molecule has 1 aliphatic rings. The van der Waals surface area contributed by atoms with Gasteiger partial charge in [0.15, 0.2) is 5.58 Å². The van der Waals surface area contributed by atoms with Crippen molar-refractivity contribution in [3.63, 3.8) is 0 Å². The molecule has 0 N–H and O–H groups in total. The first-order valence-electron chi connectivity index (χ1n) is 16.1. The van der Waals surface area contributed by atoms with Crippen LogP contribution in [-0.4, -0.2) is 4.98 Å². The van der Waals surface area contributed by atoms with E-state index in [1.165, 1.54) is 44.2 Å². The molecule has 1 aliphatic carbocycles.